The van der Waals surface area contributed by atoms with E-state index in [2.05, 4.69) is 19.3 Å². The lowest BCUT2D eigenvalue weighted by Crippen LogP contribution is -2.32. The first-order valence-corrected chi connectivity index (χ1v) is 13.0. The third kappa shape index (κ3) is 6.52. The van der Waals surface area contributed by atoms with E-state index in [0.29, 0.717) is 23.7 Å². The highest BCUT2D eigenvalue weighted by atomic mass is 32.2. The molecule has 0 amide bonds. The molecule has 9 heteroatoms. The van der Waals surface area contributed by atoms with Crippen LogP contribution in [0.25, 0.3) is 0 Å². The fourth-order valence-corrected chi connectivity index (χ4v) is 4.72. The normalized spacial score (nSPS) is 16.8. The Labute approximate surface area is 212 Å². The van der Waals surface area contributed by atoms with Gasteiger partial charge in [0.15, 0.2) is 11.6 Å². The summed E-state index contributed by atoms with van der Waals surface area (Å²) in [6.07, 6.45) is 5.28. The first kappa shape index (κ1) is 26.3. The van der Waals surface area contributed by atoms with Gasteiger partial charge in [0.05, 0.1) is 5.69 Å². The molecule has 0 spiro atoms. The van der Waals surface area contributed by atoms with Gasteiger partial charge in [0.1, 0.15) is 21.8 Å². The summed E-state index contributed by atoms with van der Waals surface area (Å²) in [5, 5.41) is 0. The molecule has 1 fully saturated rings. The molecule has 0 N–H and O–H groups in total. The lowest BCUT2D eigenvalue weighted by atomic mass is 9.90. The van der Waals surface area contributed by atoms with Gasteiger partial charge in [-0.2, -0.15) is 4.39 Å². The maximum atomic E-state index is 14.0. The molecule has 1 unspecified atom stereocenters. The van der Waals surface area contributed by atoms with Crippen LogP contribution in [0.15, 0.2) is 59.3 Å². The zero-order valence-electron chi connectivity index (χ0n) is 20.5. The molecule has 3 heterocycles. The number of likely N-dealkylation sites (tertiary alicyclic amines) is 1. The van der Waals surface area contributed by atoms with Crippen LogP contribution < -0.4 is 0 Å². The van der Waals surface area contributed by atoms with Gasteiger partial charge < -0.3 is 4.55 Å². The quantitative estimate of drug-likeness (QED) is 0.245. The van der Waals surface area contributed by atoms with E-state index in [4.69, 9.17) is 0 Å². The lowest BCUT2D eigenvalue weighted by molar-refractivity contribution is 0.204. The fraction of sp³-hybridized carbons (Fsp3) is 0.370. The van der Waals surface area contributed by atoms with Crippen LogP contribution in [0.3, 0.4) is 0 Å². The number of piperidine rings is 1. The van der Waals surface area contributed by atoms with E-state index in [0.717, 1.165) is 49.2 Å². The Morgan fingerprint density at radius 1 is 1.00 bits per heavy atom. The second-order valence-corrected chi connectivity index (χ2v) is 11.9. The molecule has 5 nitrogen and oxygen atoms in total. The molecule has 0 saturated carbocycles. The Morgan fingerprint density at radius 3 is 2.33 bits per heavy atom. The highest BCUT2D eigenvalue weighted by Crippen LogP contribution is 2.28. The van der Waals surface area contributed by atoms with Crippen LogP contribution in [0.5, 0.6) is 0 Å². The summed E-state index contributed by atoms with van der Waals surface area (Å²) in [5.41, 5.74) is 3.07. The van der Waals surface area contributed by atoms with E-state index in [-0.39, 0.29) is 5.71 Å². The molecular weight excluding hydrogens is 485 g/mol. The molecule has 1 saturated heterocycles. The Kier molecular flexibility index (Phi) is 8.12. The molecule has 1 aliphatic heterocycles. The second kappa shape index (κ2) is 11.1. The summed E-state index contributed by atoms with van der Waals surface area (Å²) in [5.74, 6) is -2.06. The third-order valence-electron chi connectivity index (χ3n) is 6.17. The Bertz CT molecular complexity index is 1210. The molecule has 0 aliphatic carbocycles. The first-order valence-electron chi connectivity index (χ1n) is 11.9. The predicted molar refractivity (Wildman–Crippen MR) is 136 cm³/mol. The standard InChI is InChI=1S/C27H29F3N4OS/c1-27(2,3)36(35)33-26(20-5-7-22(28)23(29)14-20)24-8-4-18(15-31-24)17-34-12-10-19(11-13-34)21-6-9-25(30)32-16-21/h4-9,14-16,19H,10-13,17H2,1-3H3. The van der Waals surface area contributed by atoms with Crippen molar-refractivity contribution >= 4 is 17.1 Å². The predicted octanol–water partition coefficient (Wildman–Crippen LogP) is 5.57. The smallest absolute Gasteiger partial charge is 0.212 e. The number of pyridine rings is 2. The Morgan fingerprint density at radius 2 is 1.75 bits per heavy atom. The van der Waals surface area contributed by atoms with Crippen LogP contribution >= 0.6 is 0 Å². The number of aromatic nitrogens is 2. The second-order valence-electron chi connectivity index (χ2n) is 9.95. The average Bonchev–Trinajstić information content (AvgIpc) is 2.85. The number of rotatable bonds is 6. The molecule has 0 bridgehead atoms. The molecule has 1 atom stereocenters. The van der Waals surface area contributed by atoms with Crippen molar-refractivity contribution in [3.8, 4) is 0 Å². The number of halogens is 3. The van der Waals surface area contributed by atoms with Gasteiger partial charge in [-0.25, -0.2) is 13.8 Å². The van der Waals surface area contributed by atoms with E-state index in [1.807, 2.05) is 12.1 Å². The van der Waals surface area contributed by atoms with Gasteiger partial charge in [0.25, 0.3) is 0 Å². The molecular formula is C27H29F3N4OS. The van der Waals surface area contributed by atoms with Crippen LogP contribution in [-0.2, 0) is 17.9 Å². The highest BCUT2D eigenvalue weighted by Gasteiger charge is 2.28. The van der Waals surface area contributed by atoms with Gasteiger partial charge in [-0.05, 0) is 94.1 Å². The van der Waals surface area contributed by atoms with Crippen LogP contribution in [0, 0.1) is 17.6 Å². The van der Waals surface area contributed by atoms with Crippen molar-refractivity contribution in [2.45, 2.75) is 50.8 Å². The molecule has 0 radical (unpaired) electrons. The molecule has 2 aromatic heterocycles. The van der Waals surface area contributed by atoms with Gasteiger partial charge in [-0.3, -0.25) is 9.88 Å². The molecule has 1 aliphatic rings. The van der Waals surface area contributed by atoms with Crippen LogP contribution in [-0.4, -0.2) is 43.0 Å². The maximum absolute atomic E-state index is 14.0. The Balaban J connectivity index is 1.47. The maximum Gasteiger partial charge on any atom is 0.212 e. The molecule has 1 aromatic carbocycles. The van der Waals surface area contributed by atoms with Gasteiger partial charge in [0.2, 0.25) is 5.95 Å². The highest BCUT2D eigenvalue weighted by molar-refractivity contribution is 7.91. The number of hydrogen-bond acceptors (Lipinski definition) is 5. The van der Waals surface area contributed by atoms with Crippen molar-refractivity contribution in [1.82, 2.24) is 14.9 Å². The average molecular weight is 515 g/mol. The molecule has 190 valence electrons. The van der Waals surface area contributed by atoms with Gasteiger partial charge >= 0.3 is 0 Å². The summed E-state index contributed by atoms with van der Waals surface area (Å²) < 4.78 is 57.0. The number of hydrogen-bond donors (Lipinski definition) is 0. The van der Waals surface area contributed by atoms with Crippen molar-refractivity contribution in [3.63, 3.8) is 0 Å². The minimum atomic E-state index is -1.61. The van der Waals surface area contributed by atoms with Crippen molar-refractivity contribution in [1.29, 1.82) is 0 Å². The summed E-state index contributed by atoms with van der Waals surface area (Å²) in [6, 6.07) is 10.4. The fourth-order valence-electron chi connectivity index (χ4n) is 4.08. The monoisotopic (exact) mass is 514 g/mol. The van der Waals surface area contributed by atoms with E-state index >= 15 is 0 Å². The number of benzene rings is 1. The lowest BCUT2D eigenvalue weighted by Gasteiger charge is -2.32. The zero-order valence-corrected chi connectivity index (χ0v) is 21.4. The molecule has 3 aromatic rings. The largest absolute Gasteiger partial charge is 0.591 e. The van der Waals surface area contributed by atoms with Gasteiger partial charge in [-0.15, -0.1) is 0 Å². The molecule has 4 rings (SSSR count). The summed E-state index contributed by atoms with van der Waals surface area (Å²) in [4.78, 5) is 10.6. The van der Waals surface area contributed by atoms with Crippen LogP contribution in [0.2, 0.25) is 0 Å². The topological polar surface area (TPSA) is 64.4 Å². The van der Waals surface area contributed by atoms with E-state index < -0.39 is 33.7 Å². The van der Waals surface area contributed by atoms with Crippen molar-refractivity contribution in [2.24, 2.45) is 4.40 Å². The first-order chi connectivity index (χ1) is 17.1. The van der Waals surface area contributed by atoms with Gasteiger partial charge in [-0.1, -0.05) is 16.5 Å². The minimum absolute atomic E-state index is 0.252. The van der Waals surface area contributed by atoms with Crippen LogP contribution in [0.4, 0.5) is 13.2 Å². The van der Waals surface area contributed by atoms with Crippen LogP contribution in [0.1, 0.15) is 61.9 Å². The number of nitrogens with zero attached hydrogens (tertiary/aromatic N) is 4. The van der Waals surface area contributed by atoms with Crippen molar-refractivity contribution in [3.05, 3.63) is 94.8 Å². The van der Waals surface area contributed by atoms with E-state index in [1.165, 1.54) is 12.1 Å². The third-order valence-corrected chi connectivity index (χ3v) is 7.57. The zero-order chi connectivity index (χ0) is 25.9. The SMILES string of the molecule is CC(C)(C)[S+]([O-])N=C(c1ccc(F)c(F)c1)c1ccc(CN2CCC(c3ccc(F)nc3)CC2)cn1. The minimum Gasteiger partial charge on any atom is -0.591 e. The summed E-state index contributed by atoms with van der Waals surface area (Å²) in [7, 11) is 0. The van der Waals surface area contributed by atoms with E-state index in [1.54, 1.807) is 39.2 Å². The Hall–Kier alpha value is -2.75. The summed E-state index contributed by atoms with van der Waals surface area (Å²) >= 11 is -1.61. The van der Waals surface area contributed by atoms with Crippen molar-refractivity contribution < 1.29 is 17.7 Å². The van der Waals surface area contributed by atoms with E-state index in [9.17, 15) is 17.7 Å². The van der Waals surface area contributed by atoms with Gasteiger partial charge in [0, 0.05) is 24.5 Å². The molecule has 36 heavy (non-hydrogen) atoms. The van der Waals surface area contributed by atoms with Crippen molar-refractivity contribution in [2.75, 3.05) is 13.1 Å². The summed E-state index contributed by atoms with van der Waals surface area (Å²) in [6.45, 7) is 7.89.